The Morgan fingerprint density at radius 3 is 2.08 bits per heavy atom. The SMILES string of the molecule is CCC(CC)CNC(C)(CC)CO. The molecule has 0 aliphatic heterocycles. The van der Waals surface area contributed by atoms with E-state index in [9.17, 15) is 5.11 Å². The van der Waals surface area contributed by atoms with E-state index in [0.717, 1.165) is 18.9 Å². The van der Waals surface area contributed by atoms with Crippen molar-refractivity contribution in [1.29, 1.82) is 0 Å². The molecule has 2 nitrogen and oxygen atoms in total. The standard InChI is InChI=1S/C11H25NO/c1-5-10(6-2)8-12-11(4,7-3)9-13/h10,12-13H,5-9H2,1-4H3. The first-order chi connectivity index (χ1) is 6.11. The minimum atomic E-state index is -0.0808. The van der Waals surface area contributed by atoms with Crippen molar-refractivity contribution in [3.63, 3.8) is 0 Å². The van der Waals surface area contributed by atoms with Gasteiger partial charge in [-0.05, 0) is 25.8 Å². The second-order valence-corrected chi connectivity index (χ2v) is 4.14. The summed E-state index contributed by atoms with van der Waals surface area (Å²) < 4.78 is 0. The van der Waals surface area contributed by atoms with Gasteiger partial charge in [0, 0.05) is 5.54 Å². The largest absolute Gasteiger partial charge is 0.394 e. The smallest absolute Gasteiger partial charge is 0.0610 e. The summed E-state index contributed by atoms with van der Waals surface area (Å²) in [6.45, 7) is 9.88. The molecule has 0 heterocycles. The van der Waals surface area contributed by atoms with E-state index in [-0.39, 0.29) is 12.1 Å². The number of hydrogen-bond donors (Lipinski definition) is 2. The van der Waals surface area contributed by atoms with Crippen molar-refractivity contribution in [1.82, 2.24) is 5.32 Å². The zero-order valence-corrected chi connectivity index (χ0v) is 9.56. The summed E-state index contributed by atoms with van der Waals surface area (Å²) in [5.41, 5.74) is -0.0808. The first-order valence-corrected chi connectivity index (χ1v) is 5.47. The number of hydrogen-bond acceptors (Lipinski definition) is 2. The highest BCUT2D eigenvalue weighted by molar-refractivity contribution is 4.81. The van der Waals surface area contributed by atoms with Crippen LogP contribution in [-0.2, 0) is 0 Å². The molecule has 0 saturated heterocycles. The Morgan fingerprint density at radius 1 is 1.23 bits per heavy atom. The fourth-order valence-electron chi connectivity index (χ4n) is 1.26. The predicted molar refractivity (Wildman–Crippen MR) is 57.9 cm³/mol. The molecule has 1 atom stereocenters. The van der Waals surface area contributed by atoms with Crippen molar-refractivity contribution in [3.8, 4) is 0 Å². The molecule has 1 unspecified atom stereocenters. The molecular weight excluding hydrogens is 162 g/mol. The Kier molecular flexibility index (Phi) is 6.35. The molecule has 0 aromatic carbocycles. The first kappa shape index (κ1) is 12.9. The van der Waals surface area contributed by atoms with Crippen molar-refractivity contribution < 1.29 is 5.11 Å². The Bertz CT molecular complexity index is 117. The van der Waals surface area contributed by atoms with E-state index in [2.05, 4.69) is 33.0 Å². The fourth-order valence-corrected chi connectivity index (χ4v) is 1.26. The minimum Gasteiger partial charge on any atom is -0.394 e. The zero-order valence-electron chi connectivity index (χ0n) is 9.56. The Labute approximate surface area is 82.7 Å². The molecule has 0 radical (unpaired) electrons. The summed E-state index contributed by atoms with van der Waals surface area (Å²) >= 11 is 0. The average molecular weight is 187 g/mol. The van der Waals surface area contributed by atoms with Gasteiger partial charge in [-0.25, -0.2) is 0 Å². The van der Waals surface area contributed by atoms with Crippen LogP contribution in [0.3, 0.4) is 0 Å². The summed E-state index contributed by atoms with van der Waals surface area (Å²) in [6, 6.07) is 0. The highest BCUT2D eigenvalue weighted by atomic mass is 16.3. The third-order valence-electron chi connectivity index (χ3n) is 3.10. The van der Waals surface area contributed by atoms with E-state index >= 15 is 0 Å². The maximum absolute atomic E-state index is 9.18. The van der Waals surface area contributed by atoms with Gasteiger partial charge in [-0.2, -0.15) is 0 Å². The molecule has 0 aromatic heterocycles. The van der Waals surface area contributed by atoms with Gasteiger partial charge in [0.1, 0.15) is 0 Å². The van der Waals surface area contributed by atoms with Gasteiger partial charge in [0.15, 0.2) is 0 Å². The molecule has 0 aliphatic carbocycles. The minimum absolute atomic E-state index is 0.0808. The van der Waals surface area contributed by atoms with E-state index in [1.807, 2.05) is 0 Å². The Morgan fingerprint density at radius 2 is 1.77 bits per heavy atom. The number of aliphatic hydroxyl groups is 1. The molecule has 13 heavy (non-hydrogen) atoms. The molecule has 0 bridgehead atoms. The van der Waals surface area contributed by atoms with Crippen molar-refractivity contribution >= 4 is 0 Å². The lowest BCUT2D eigenvalue weighted by atomic mass is 9.97. The van der Waals surface area contributed by atoms with Crippen LogP contribution in [0.1, 0.15) is 47.0 Å². The molecular formula is C11H25NO. The van der Waals surface area contributed by atoms with E-state index in [4.69, 9.17) is 0 Å². The van der Waals surface area contributed by atoms with Gasteiger partial charge >= 0.3 is 0 Å². The Balaban J connectivity index is 3.83. The maximum atomic E-state index is 9.18. The molecule has 2 heteroatoms. The van der Waals surface area contributed by atoms with Gasteiger partial charge in [0.2, 0.25) is 0 Å². The van der Waals surface area contributed by atoms with Crippen LogP contribution >= 0.6 is 0 Å². The third-order valence-corrected chi connectivity index (χ3v) is 3.10. The number of nitrogens with one attached hydrogen (secondary N) is 1. The third kappa shape index (κ3) is 4.63. The summed E-state index contributed by atoms with van der Waals surface area (Å²) in [5.74, 6) is 0.748. The Hall–Kier alpha value is -0.0800. The molecule has 0 fully saturated rings. The van der Waals surface area contributed by atoms with Crippen LogP contribution in [0.15, 0.2) is 0 Å². The van der Waals surface area contributed by atoms with Crippen molar-refractivity contribution in [2.45, 2.75) is 52.5 Å². The van der Waals surface area contributed by atoms with Crippen LogP contribution < -0.4 is 5.32 Å². The molecule has 0 aromatic rings. The molecule has 2 N–H and O–H groups in total. The van der Waals surface area contributed by atoms with Gasteiger partial charge < -0.3 is 10.4 Å². The van der Waals surface area contributed by atoms with Crippen molar-refractivity contribution in [2.24, 2.45) is 5.92 Å². The van der Waals surface area contributed by atoms with E-state index in [0.29, 0.717) is 0 Å². The topological polar surface area (TPSA) is 32.3 Å². The number of rotatable bonds is 7. The first-order valence-electron chi connectivity index (χ1n) is 5.47. The van der Waals surface area contributed by atoms with Crippen LogP contribution in [0.2, 0.25) is 0 Å². The summed E-state index contributed by atoms with van der Waals surface area (Å²) in [5, 5.41) is 12.6. The molecule has 0 rings (SSSR count). The van der Waals surface area contributed by atoms with Gasteiger partial charge in [0.25, 0.3) is 0 Å². The van der Waals surface area contributed by atoms with Crippen molar-refractivity contribution in [3.05, 3.63) is 0 Å². The second kappa shape index (κ2) is 6.39. The normalized spacial score (nSPS) is 16.2. The van der Waals surface area contributed by atoms with E-state index in [1.165, 1.54) is 12.8 Å². The second-order valence-electron chi connectivity index (χ2n) is 4.14. The number of aliphatic hydroxyl groups excluding tert-OH is 1. The van der Waals surface area contributed by atoms with Gasteiger partial charge in [-0.3, -0.25) is 0 Å². The van der Waals surface area contributed by atoms with Crippen LogP contribution in [0.25, 0.3) is 0 Å². The van der Waals surface area contributed by atoms with Crippen LogP contribution in [0, 0.1) is 5.92 Å². The molecule has 0 spiro atoms. The monoisotopic (exact) mass is 187 g/mol. The lowest BCUT2D eigenvalue weighted by Crippen LogP contribution is -2.47. The van der Waals surface area contributed by atoms with Crippen molar-refractivity contribution in [2.75, 3.05) is 13.2 Å². The van der Waals surface area contributed by atoms with E-state index in [1.54, 1.807) is 0 Å². The van der Waals surface area contributed by atoms with Crippen LogP contribution in [0.5, 0.6) is 0 Å². The quantitative estimate of drug-likeness (QED) is 0.640. The maximum Gasteiger partial charge on any atom is 0.0610 e. The zero-order chi connectivity index (χ0) is 10.3. The van der Waals surface area contributed by atoms with Crippen LogP contribution in [0.4, 0.5) is 0 Å². The van der Waals surface area contributed by atoms with Crippen LogP contribution in [-0.4, -0.2) is 23.8 Å². The van der Waals surface area contributed by atoms with Gasteiger partial charge in [-0.15, -0.1) is 0 Å². The summed E-state index contributed by atoms with van der Waals surface area (Å²) in [7, 11) is 0. The van der Waals surface area contributed by atoms with E-state index < -0.39 is 0 Å². The molecule has 0 amide bonds. The highest BCUT2D eigenvalue weighted by Crippen LogP contribution is 2.11. The molecule has 80 valence electrons. The average Bonchev–Trinajstić information content (AvgIpc) is 2.19. The summed E-state index contributed by atoms with van der Waals surface area (Å²) in [4.78, 5) is 0. The molecule has 0 aliphatic rings. The lowest BCUT2D eigenvalue weighted by Gasteiger charge is -2.29. The fraction of sp³-hybridized carbons (Fsp3) is 1.00. The van der Waals surface area contributed by atoms with Gasteiger partial charge in [0.05, 0.1) is 6.61 Å². The molecule has 0 saturated carbocycles. The summed E-state index contributed by atoms with van der Waals surface area (Å²) in [6.07, 6.45) is 3.41. The van der Waals surface area contributed by atoms with Gasteiger partial charge in [-0.1, -0.05) is 33.6 Å². The predicted octanol–water partition coefficient (Wildman–Crippen LogP) is 2.17. The highest BCUT2D eigenvalue weighted by Gasteiger charge is 2.20. The lowest BCUT2D eigenvalue weighted by molar-refractivity contribution is 0.163.